The second-order valence-corrected chi connectivity index (χ2v) is 5.04. The van der Waals surface area contributed by atoms with Crippen molar-refractivity contribution < 1.29 is 6.22 Å². The van der Waals surface area contributed by atoms with Gasteiger partial charge in [0.25, 0.3) is 0 Å². The number of rotatable bonds is 1. The molecule has 0 atom stereocenters. The van der Waals surface area contributed by atoms with Crippen LogP contribution < -0.4 is 5.32 Å². The molecule has 0 radical (unpaired) electrons. The van der Waals surface area contributed by atoms with E-state index in [4.69, 9.17) is 0 Å². The van der Waals surface area contributed by atoms with Crippen LogP contribution in [0.25, 0.3) is 0 Å². The van der Waals surface area contributed by atoms with Crippen molar-refractivity contribution in [1.82, 2.24) is 0 Å². The number of nitrogens with one attached hydrogen (secondary N) is 1. The van der Waals surface area contributed by atoms with Crippen LogP contribution in [0.2, 0.25) is 0 Å². The van der Waals surface area contributed by atoms with Crippen molar-refractivity contribution in [1.29, 1.82) is 0 Å². The maximum Gasteiger partial charge on any atom is 0.234 e. The third-order valence-electron chi connectivity index (χ3n) is 3.20. The van der Waals surface area contributed by atoms with Gasteiger partial charge in [-0.15, -0.1) is 0 Å². The van der Waals surface area contributed by atoms with E-state index in [-0.39, 0.29) is 12.7 Å². The third-order valence-corrected chi connectivity index (χ3v) is 3.20. The van der Waals surface area contributed by atoms with Crippen molar-refractivity contribution in [2.75, 3.05) is 5.32 Å². The van der Waals surface area contributed by atoms with Gasteiger partial charge in [0.2, 0.25) is 5.91 Å². The molecular weight excluding hydrogens is 186 g/mol. The van der Waals surface area contributed by atoms with Gasteiger partial charge in [-0.05, 0) is 37.0 Å². The predicted molar refractivity (Wildman–Crippen MR) is 64.3 cm³/mol. The fraction of sp³-hybridized carbons (Fsp3) is 0.462. The SMILES string of the molecule is CC(C)c1ccc2c(c1)NC(=O)C2(C)C.[HH]. The van der Waals surface area contributed by atoms with Crippen molar-refractivity contribution in [2.45, 2.75) is 39.0 Å². The predicted octanol–water partition coefficient (Wildman–Crippen LogP) is 3.29. The molecule has 0 aliphatic carbocycles. The number of carbonyl (C=O) groups is 1. The number of fused-ring (bicyclic) bond motifs is 1. The van der Waals surface area contributed by atoms with Crippen LogP contribution in [0.15, 0.2) is 18.2 Å². The van der Waals surface area contributed by atoms with E-state index < -0.39 is 0 Å². The van der Waals surface area contributed by atoms with Gasteiger partial charge in [0, 0.05) is 7.11 Å². The van der Waals surface area contributed by atoms with Crippen LogP contribution >= 0.6 is 0 Å². The van der Waals surface area contributed by atoms with Crippen molar-refractivity contribution >= 4 is 11.6 Å². The minimum absolute atomic E-state index is 0. The standard InChI is InChI=1S/C13H17NO.H2/c1-8(2)9-5-6-10-11(7-9)14-12(15)13(10,3)4;/h5-8H,1-4H3,(H,14,15);1H. The van der Waals surface area contributed by atoms with E-state index in [1.165, 1.54) is 5.56 Å². The fourth-order valence-corrected chi connectivity index (χ4v) is 1.97. The lowest BCUT2D eigenvalue weighted by Crippen LogP contribution is -2.26. The quantitative estimate of drug-likeness (QED) is 0.749. The number of hydrogen-bond donors (Lipinski definition) is 1. The van der Waals surface area contributed by atoms with Crippen molar-refractivity contribution in [2.24, 2.45) is 0 Å². The molecule has 1 aromatic carbocycles. The van der Waals surface area contributed by atoms with Crippen LogP contribution in [0.4, 0.5) is 5.69 Å². The van der Waals surface area contributed by atoms with Crippen LogP contribution in [-0.4, -0.2) is 5.91 Å². The highest BCUT2D eigenvalue weighted by Crippen LogP contribution is 2.38. The van der Waals surface area contributed by atoms with E-state index in [0.29, 0.717) is 5.92 Å². The van der Waals surface area contributed by atoms with Gasteiger partial charge in [-0.1, -0.05) is 26.0 Å². The van der Waals surface area contributed by atoms with Crippen molar-refractivity contribution in [3.05, 3.63) is 29.3 Å². The van der Waals surface area contributed by atoms with E-state index >= 15 is 0 Å². The highest BCUT2D eigenvalue weighted by atomic mass is 16.2. The lowest BCUT2D eigenvalue weighted by Gasteiger charge is -2.15. The molecule has 0 aromatic heterocycles. The fourth-order valence-electron chi connectivity index (χ4n) is 1.97. The third kappa shape index (κ3) is 1.44. The molecule has 1 aliphatic heterocycles. The summed E-state index contributed by atoms with van der Waals surface area (Å²) in [5.74, 6) is 0.592. The van der Waals surface area contributed by atoms with Crippen LogP contribution in [0.5, 0.6) is 0 Å². The zero-order chi connectivity index (χ0) is 11.2. The van der Waals surface area contributed by atoms with E-state index in [9.17, 15) is 4.79 Å². The normalized spacial score (nSPS) is 17.8. The molecule has 0 fully saturated rings. The van der Waals surface area contributed by atoms with Gasteiger partial charge >= 0.3 is 0 Å². The van der Waals surface area contributed by atoms with Crippen LogP contribution in [0.1, 0.15) is 46.2 Å². The second-order valence-electron chi connectivity index (χ2n) is 5.04. The Morgan fingerprint density at radius 3 is 2.60 bits per heavy atom. The minimum Gasteiger partial charge on any atom is -0.325 e. The highest BCUT2D eigenvalue weighted by Gasteiger charge is 2.38. The number of hydrogen-bond acceptors (Lipinski definition) is 1. The van der Waals surface area contributed by atoms with Gasteiger partial charge in [0.05, 0.1) is 5.41 Å². The smallest absolute Gasteiger partial charge is 0.234 e. The summed E-state index contributed by atoms with van der Waals surface area (Å²) in [7, 11) is 0. The lowest BCUT2D eigenvalue weighted by atomic mass is 9.85. The maximum atomic E-state index is 11.7. The molecule has 0 bridgehead atoms. The first-order chi connectivity index (χ1) is 6.93. The number of benzene rings is 1. The molecule has 2 rings (SSSR count). The summed E-state index contributed by atoms with van der Waals surface area (Å²) in [6, 6.07) is 6.28. The molecule has 1 aromatic rings. The monoisotopic (exact) mass is 205 g/mol. The highest BCUT2D eigenvalue weighted by molar-refractivity contribution is 6.05. The average molecular weight is 205 g/mol. The first-order valence-electron chi connectivity index (χ1n) is 5.39. The molecule has 1 N–H and O–H groups in total. The van der Waals surface area contributed by atoms with Gasteiger partial charge in [-0.3, -0.25) is 4.79 Å². The number of amides is 1. The number of carbonyl (C=O) groups excluding carboxylic acids is 1. The van der Waals surface area contributed by atoms with Crippen LogP contribution in [-0.2, 0) is 10.2 Å². The Labute approximate surface area is 92.2 Å². The molecule has 2 nitrogen and oxygen atoms in total. The van der Waals surface area contributed by atoms with Gasteiger partial charge in [-0.25, -0.2) is 0 Å². The summed E-state index contributed by atoms with van der Waals surface area (Å²) in [6.45, 7) is 8.24. The van der Waals surface area contributed by atoms with E-state index in [1.54, 1.807) is 0 Å². The zero-order valence-electron chi connectivity index (χ0n) is 9.72. The Hall–Kier alpha value is -1.31. The molecule has 1 aliphatic rings. The minimum atomic E-state index is -0.384. The zero-order valence-corrected chi connectivity index (χ0v) is 9.72. The first-order valence-corrected chi connectivity index (χ1v) is 5.39. The van der Waals surface area contributed by atoms with E-state index in [1.807, 2.05) is 13.8 Å². The Bertz CT molecular complexity index is 424. The molecule has 1 heterocycles. The molecule has 0 saturated carbocycles. The Balaban J connectivity index is 0.00000128. The lowest BCUT2D eigenvalue weighted by molar-refractivity contribution is -0.119. The molecule has 0 unspecified atom stereocenters. The first kappa shape index (κ1) is 10.2. The average Bonchev–Trinajstić information content (AvgIpc) is 2.38. The maximum absolute atomic E-state index is 11.7. The summed E-state index contributed by atoms with van der Waals surface area (Å²) in [5, 5.41) is 2.94. The Morgan fingerprint density at radius 1 is 1.33 bits per heavy atom. The Kier molecular flexibility index (Phi) is 2.10. The largest absolute Gasteiger partial charge is 0.325 e. The molecule has 15 heavy (non-hydrogen) atoms. The summed E-state index contributed by atoms with van der Waals surface area (Å²) in [6.07, 6.45) is 0. The molecule has 2 heteroatoms. The molecule has 82 valence electrons. The topological polar surface area (TPSA) is 29.1 Å². The van der Waals surface area contributed by atoms with Gasteiger partial charge in [0.1, 0.15) is 0 Å². The summed E-state index contributed by atoms with van der Waals surface area (Å²) >= 11 is 0. The summed E-state index contributed by atoms with van der Waals surface area (Å²) in [5.41, 5.74) is 2.98. The number of anilines is 1. The molecular formula is C13H19NO. The van der Waals surface area contributed by atoms with E-state index in [2.05, 4.69) is 37.4 Å². The van der Waals surface area contributed by atoms with Crippen molar-refractivity contribution in [3.63, 3.8) is 0 Å². The van der Waals surface area contributed by atoms with Crippen molar-refractivity contribution in [3.8, 4) is 0 Å². The van der Waals surface area contributed by atoms with Gasteiger partial charge in [0.15, 0.2) is 0 Å². The summed E-state index contributed by atoms with van der Waals surface area (Å²) < 4.78 is 0. The summed E-state index contributed by atoms with van der Waals surface area (Å²) in [4.78, 5) is 11.7. The van der Waals surface area contributed by atoms with E-state index in [0.717, 1.165) is 11.3 Å². The Morgan fingerprint density at radius 2 is 2.00 bits per heavy atom. The molecule has 0 saturated heterocycles. The molecule has 1 amide bonds. The van der Waals surface area contributed by atoms with Crippen LogP contribution in [0, 0.1) is 0 Å². The van der Waals surface area contributed by atoms with Crippen LogP contribution in [0.3, 0.4) is 0 Å². The van der Waals surface area contributed by atoms with Gasteiger partial charge < -0.3 is 5.32 Å². The second kappa shape index (κ2) is 3.09. The molecule has 0 spiro atoms. The van der Waals surface area contributed by atoms with Gasteiger partial charge in [-0.2, -0.15) is 0 Å².